The van der Waals surface area contributed by atoms with E-state index in [4.69, 9.17) is 4.74 Å². The first-order valence-corrected chi connectivity index (χ1v) is 10.6. The van der Waals surface area contributed by atoms with Crippen LogP contribution < -0.4 is 4.74 Å². The highest BCUT2D eigenvalue weighted by atomic mass is 32.2. The predicted molar refractivity (Wildman–Crippen MR) is 101 cm³/mol. The molecule has 7 heteroatoms. The van der Waals surface area contributed by atoms with Gasteiger partial charge in [0.2, 0.25) is 0 Å². The van der Waals surface area contributed by atoms with Gasteiger partial charge in [0.05, 0.1) is 18.9 Å². The summed E-state index contributed by atoms with van der Waals surface area (Å²) in [5.41, 5.74) is 2.11. The minimum absolute atomic E-state index is 0.0904. The van der Waals surface area contributed by atoms with Crippen molar-refractivity contribution in [3.8, 4) is 17.1 Å². The summed E-state index contributed by atoms with van der Waals surface area (Å²) >= 11 is 0. The minimum atomic E-state index is -3.11. The van der Waals surface area contributed by atoms with Crippen molar-refractivity contribution in [3.05, 3.63) is 47.6 Å². The van der Waals surface area contributed by atoms with Gasteiger partial charge in [0.1, 0.15) is 11.6 Å². The summed E-state index contributed by atoms with van der Waals surface area (Å²) < 4.78 is 31.0. The van der Waals surface area contributed by atoms with Gasteiger partial charge >= 0.3 is 0 Å². The molecule has 0 bridgehead atoms. The first-order valence-electron chi connectivity index (χ1n) is 8.89. The smallest absolute Gasteiger partial charge is 0.173 e. The number of imidazole rings is 1. The van der Waals surface area contributed by atoms with Crippen LogP contribution in [0.25, 0.3) is 11.4 Å². The number of allylic oxidation sites excluding steroid dienone is 1. The molecule has 26 heavy (non-hydrogen) atoms. The van der Waals surface area contributed by atoms with Gasteiger partial charge in [-0.25, -0.2) is 13.4 Å². The predicted octanol–water partition coefficient (Wildman–Crippen LogP) is 2.64. The van der Waals surface area contributed by atoms with E-state index in [0.29, 0.717) is 0 Å². The van der Waals surface area contributed by atoms with Crippen LogP contribution >= 0.6 is 0 Å². The summed E-state index contributed by atoms with van der Waals surface area (Å²) in [5.74, 6) is 1.75. The molecule has 2 aromatic rings. The molecule has 138 valence electrons. The molecule has 0 amide bonds. The largest absolute Gasteiger partial charge is 0.496 e. The summed E-state index contributed by atoms with van der Waals surface area (Å²) in [5, 5.41) is 1.30. The molecule has 2 aliphatic heterocycles. The molecular formula is C19H23N3O3S. The molecule has 0 saturated carbocycles. The van der Waals surface area contributed by atoms with E-state index in [1.54, 1.807) is 19.4 Å². The molecule has 1 fully saturated rings. The second-order valence-corrected chi connectivity index (χ2v) is 8.82. The monoisotopic (exact) mass is 373 g/mol. The van der Waals surface area contributed by atoms with Gasteiger partial charge in [-0.2, -0.15) is 0 Å². The number of ether oxygens (including phenoxy) is 1. The van der Waals surface area contributed by atoms with E-state index in [1.807, 2.05) is 22.9 Å². The van der Waals surface area contributed by atoms with E-state index in [2.05, 4.69) is 16.0 Å². The van der Waals surface area contributed by atoms with Crippen LogP contribution in [0.4, 0.5) is 0 Å². The van der Waals surface area contributed by atoms with Crippen molar-refractivity contribution in [1.82, 2.24) is 14.5 Å². The molecular weight excluding hydrogens is 350 g/mol. The number of hydrogen-bond donors (Lipinski definition) is 0. The maximum absolute atomic E-state index is 11.8. The Bertz CT molecular complexity index is 927. The number of benzene rings is 1. The number of likely N-dealkylation sites (tertiary alicyclic amines) is 1. The Kier molecular flexibility index (Phi) is 4.58. The van der Waals surface area contributed by atoms with E-state index in [1.165, 1.54) is 18.2 Å². The molecule has 0 radical (unpaired) electrons. The normalized spacial score (nSPS) is 22.1. The summed E-state index contributed by atoms with van der Waals surface area (Å²) in [6, 6.07) is 5.87. The third kappa shape index (κ3) is 3.41. The summed E-state index contributed by atoms with van der Waals surface area (Å²) in [6.07, 6.45) is 7.78. The molecule has 1 saturated heterocycles. The quantitative estimate of drug-likeness (QED) is 0.806. The van der Waals surface area contributed by atoms with Crippen LogP contribution in [0, 0.1) is 0 Å². The van der Waals surface area contributed by atoms with Crippen LogP contribution in [0.3, 0.4) is 0 Å². The number of hydrogen-bond acceptors (Lipinski definition) is 5. The van der Waals surface area contributed by atoms with Gasteiger partial charge in [0.25, 0.3) is 0 Å². The van der Waals surface area contributed by atoms with E-state index in [0.717, 1.165) is 42.3 Å². The number of aromatic nitrogens is 2. The van der Waals surface area contributed by atoms with Crippen molar-refractivity contribution in [1.29, 1.82) is 0 Å². The maximum atomic E-state index is 11.8. The van der Waals surface area contributed by atoms with Crippen molar-refractivity contribution in [3.63, 3.8) is 0 Å². The van der Waals surface area contributed by atoms with Gasteiger partial charge in [-0.05, 0) is 50.2 Å². The van der Waals surface area contributed by atoms with Crippen LogP contribution in [0.1, 0.15) is 24.4 Å². The van der Waals surface area contributed by atoms with Gasteiger partial charge < -0.3 is 9.30 Å². The van der Waals surface area contributed by atoms with Crippen LogP contribution in [-0.4, -0.2) is 48.8 Å². The van der Waals surface area contributed by atoms with Gasteiger partial charge in [-0.1, -0.05) is 0 Å². The highest BCUT2D eigenvalue weighted by Crippen LogP contribution is 2.31. The molecule has 1 aromatic heterocycles. The fourth-order valence-corrected chi connectivity index (χ4v) is 5.04. The Morgan fingerprint density at radius 1 is 1.27 bits per heavy atom. The number of sulfone groups is 1. The number of rotatable bonds is 5. The molecule has 0 aliphatic carbocycles. The van der Waals surface area contributed by atoms with E-state index >= 15 is 0 Å². The van der Waals surface area contributed by atoms with Gasteiger partial charge in [0, 0.05) is 35.5 Å². The van der Waals surface area contributed by atoms with Gasteiger partial charge in [0.15, 0.2) is 9.84 Å². The Morgan fingerprint density at radius 2 is 2.08 bits per heavy atom. The van der Waals surface area contributed by atoms with E-state index < -0.39 is 9.84 Å². The van der Waals surface area contributed by atoms with Gasteiger partial charge in [-0.3, -0.25) is 4.90 Å². The molecule has 4 rings (SSSR count). The van der Waals surface area contributed by atoms with Crippen LogP contribution in [0.15, 0.2) is 42.1 Å². The standard InChI is InChI=1S/C19H23N3O3S/c1-25-18-5-4-15(12-16(18)13-21-8-2-3-9-21)19-20-7-10-22(19)17-6-11-26(23,24)14-17/h4-7,10-12,17H,2-3,8-9,13-14H2,1H3. The molecule has 0 N–H and O–H groups in total. The molecule has 1 unspecified atom stereocenters. The van der Waals surface area contributed by atoms with Crippen molar-refractivity contribution >= 4 is 9.84 Å². The molecule has 2 aliphatic rings. The van der Waals surface area contributed by atoms with Crippen LogP contribution in [-0.2, 0) is 16.4 Å². The first-order chi connectivity index (χ1) is 12.6. The Hall–Kier alpha value is -2.12. The zero-order valence-electron chi connectivity index (χ0n) is 14.8. The summed E-state index contributed by atoms with van der Waals surface area (Å²) in [7, 11) is -1.42. The molecule has 0 spiro atoms. The van der Waals surface area contributed by atoms with Crippen molar-refractivity contribution in [2.24, 2.45) is 0 Å². The van der Waals surface area contributed by atoms with Crippen molar-refractivity contribution in [2.75, 3.05) is 26.0 Å². The first kappa shape index (κ1) is 17.3. The topological polar surface area (TPSA) is 64.4 Å². The summed E-state index contributed by atoms with van der Waals surface area (Å²) in [4.78, 5) is 6.92. The Labute approximate surface area is 154 Å². The maximum Gasteiger partial charge on any atom is 0.173 e. The lowest BCUT2D eigenvalue weighted by Gasteiger charge is -2.18. The lowest BCUT2D eigenvalue weighted by molar-refractivity contribution is 0.321. The molecule has 1 atom stereocenters. The minimum Gasteiger partial charge on any atom is -0.496 e. The van der Waals surface area contributed by atoms with Crippen LogP contribution in [0.5, 0.6) is 5.75 Å². The lowest BCUT2D eigenvalue weighted by Crippen LogP contribution is -2.19. The highest BCUT2D eigenvalue weighted by Gasteiger charge is 2.25. The third-order valence-electron chi connectivity index (χ3n) is 5.07. The van der Waals surface area contributed by atoms with E-state index in [9.17, 15) is 8.42 Å². The fourth-order valence-electron chi connectivity index (χ4n) is 3.76. The second kappa shape index (κ2) is 6.89. The molecule has 6 nitrogen and oxygen atoms in total. The van der Waals surface area contributed by atoms with Crippen molar-refractivity contribution in [2.45, 2.75) is 25.4 Å². The number of nitrogens with zero attached hydrogens (tertiary/aromatic N) is 3. The van der Waals surface area contributed by atoms with Crippen molar-refractivity contribution < 1.29 is 13.2 Å². The molecule has 1 aromatic carbocycles. The third-order valence-corrected chi connectivity index (χ3v) is 6.45. The van der Waals surface area contributed by atoms with Gasteiger partial charge in [-0.15, -0.1) is 0 Å². The number of methoxy groups -OCH3 is 1. The lowest BCUT2D eigenvalue weighted by atomic mass is 10.1. The Morgan fingerprint density at radius 3 is 2.77 bits per heavy atom. The second-order valence-electron chi connectivity index (χ2n) is 6.89. The zero-order valence-corrected chi connectivity index (χ0v) is 15.7. The zero-order chi connectivity index (χ0) is 18.1. The van der Waals surface area contributed by atoms with Crippen LogP contribution in [0.2, 0.25) is 0 Å². The highest BCUT2D eigenvalue weighted by molar-refractivity contribution is 7.94. The summed E-state index contributed by atoms with van der Waals surface area (Å²) in [6.45, 7) is 3.09. The Balaban J connectivity index is 1.66. The van der Waals surface area contributed by atoms with E-state index in [-0.39, 0.29) is 11.8 Å². The SMILES string of the molecule is COc1ccc(-c2nccn2C2C=CS(=O)(=O)C2)cc1CN1CCCC1. The average molecular weight is 373 g/mol. The fraction of sp³-hybridized carbons (Fsp3) is 0.421. The average Bonchev–Trinajstić information content (AvgIpc) is 3.35. The molecule has 3 heterocycles.